The highest BCUT2D eigenvalue weighted by atomic mass is 32.2. The minimum Gasteiger partial charge on any atom is -0.314 e. The van der Waals surface area contributed by atoms with Crippen molar-refractivity contribution in [3.8, 4) is 0 Å². The summed E-state index contributed by atoms with van der Waals surface area (Å²) in [5.74, 6) is 14.5. The van der Waals surface area contributed by atoms with Gasteiger partial charge >= 0.3 is 0 Å². The molecule has 0 aromatic heterocycles. The molecule has 0 radical (unpaired) electrons. The van der Waals surface area contributed by atoms with Crippen LogP contribution in [0.4, 0.5) is 0 Å². The molecule has 0 N–H and O–H groups in total. The van der Waals surface area contributed by atoms with Crippen LogP contribution in [0.2, 0.25) is 37.3 Å². The van der Waals surface area contributed by atoms with Crippen molar-refractivity contribution in [2.75, 3.05) is 0 Å². The largest absolute Gasteiger partial charge is 0.314 e. The maximum absolute atomic E-state index is 3.07. The van der Waals surface area contributed by atoms with E-state index in [2.05, 4.69) is 156 Å². The van der Waals surface area contributed by atoms with Gasteiger partial charge in [-0.25, -0.2) is 0 Å². The summed E-state index contributed by atoms with van der Waals surface area (Å²) in [5.41, 5.74) is 2.91. The first kappa shape index (κ1) is 51.9. The molecule has 6 heteroatoms. The highest BCUT2D eigenvalue weighted by molar-refractivity contribution is 8.01. The summed E-state index contributed by atoms with van der Waals surface area (Å²) in [6.45, 7) is 46.5. The Labute approximate surface area is 422 Å². The average molecular weight is 980 g/mol. The van der Waals surface area contributed by atoms with Gasteiger partial charge in [-0.2, -0.15) is 23.5 Å². The number of hydrogen-bond donors (Lipinski definition) is 0. The predicted molar refractivity (Wildman–Crippen MR) is 299 cm³/mol. The van der Waals surface area contributed by atoms with E-state index in [4.69, 9.17) is 0 Å². The van der Waals surface area contributed by atoms with Crippen molar-refractivity contribution in [1.29, 1.82) is 0 Å². The monoisotopic (exact) mass is 979 g/mol. The Morgan fingerprint density at radius 3 is 1.21 bits per heavy atom. The Hall–Kier alpha value is 1.05. The van der Waals surface area contributed by atoms with E-state index >= 15 is 0 Å². The number of thioether (sulfide) groups is 2. The molecule has 0 aromatic rings. The molecule has 0 spiro atoms. The normalized spacial score (nSPS) is 46.0. The Balaban J connectivity index is 0.000000166. The fraction of sp³-hybridized carbons (Fsp3) is 1.00. The molecular weight excluding hydrogens is 869 g/mol. The molecule has 0 bridgehead atoms. The molecule has 8 saturated carbocycles. The van der Waals surface area contributed by atoms with E-state index in [0.717, 1.165) is 115 Å². The van der Waals surface area contributed by atoms with Crippen LogP contribution in [-0.2, 0) is 0 Å². The van der Waals surface area contributed by atoms with Gasteiger partial charge in [-0.15, -0.1) is 0 Å². The van der Waals surface area contributed by atoms with E-state index < -0.39 is 16.5 Å². The van der Waals surface area contributed by atoms with Crippen molar-refractivity contribution in [2.45, 2.75) is 293 Å². The van der Waals surface area contributed by atoms with Gasteiger partial charge in [-0.05, 0) is 254 Å². The summed E-state index contributed by atoms with van der Waals surface area (Å²) in [5, 5.41) is 4.04. The molecule has 10 fully saturated rings. The first-order chi connectivity index (χ1) is 30.6. The maximum Gasteiger partial charge on any atom is 0.126 e. The van der Waals surface area contributed by atoms with E-state index in [1.165, 1.54) is 38.5 Å². The fourth-order valence-electron chi connectivity index (χ4n) is 23.4. The topological polar surface area (TPSA) is 6.48 Å². The lowest BCUT2D eigenvalue weighted by Crippen LogP contribution is -2.68. The van der Waals surface area contributed by atoms with Crippen molar-refractivity contribution >= 4 is 40.0 Å². The van der Waals surface area contributed by atoms with E-state index in [1.54, 1.807) is 77.0 Å². The molecule has 2 heterocycles. The third kappa shape index (κ3) is 9.12. The second kappa shape index (κ2) is 18.5. The molecule has 0 amide bonds. The molecule has 66 heavy (non-hydrogen) atoms. The zero-order valence-electron chi connectivity index (χ0n) is 47.0. The van der Waals surface area contributed by atoms with E-state index in [0.29, 0.717) is 0 Å². The Morgan fingerprint density at radius 2 is 0.727 bits per heavy atom. The highest BCUT2D eigenvalue weighted by Crippen LogP contribution is 2.71. The van der Waals surface area contributed by atoms with Crippen molar-refractivity contribution in [2.24, 2.45) is 82.9 Å². The van der Waals surface area contributed by atoms with E-state index in [1.807, 2.05) is 0 Å². The number of fused-ring (bicyclic) bond motifs is 14. The first-order valence-corrected chi connectivity index (χ1v) is 37.5. The number of rotatable bonds is 4. The van der Waals surface area contributed by atoms with Crippen LogP contribution in [0.5, 0.6) is 0 Å². The highest BCUT2D eigenvalue weighted by Gasteiger charge is 2.66. The lowest BCUT2D eigenvalue weighted by atomic mass is 9.57. The van der Waals surface area contributed by atoms with Crippen LogP contribution in [0.15, 0.2) is 0 Å². The van der Waals surface area contributed by atoms with Crippen molar-refractivity contribution < 1.29 is 0 Å². The van der Waals surface area contributed by atoms with Gasteiger partial charge in [0, 0.05) is 43.2 Å². The van der Waals surface area contributed by atoms with Gasteiger partial charge in [0.1, 0.15) is 16.5 Å². The Morgan fingerprint density at radius 1 is 0.364 bits per heavy atom. The summed E-state index contributed by atoms with van der Waals surface area (Å²) in [6.07, 6.45) is 27.9. The van der Waals surface area contributed by atoms with Gasteiger partial charge in [0.05, 0.1) is 0 Å². The summed E-state index contributed by atoms with van der Waals surface area (Å²) in [7, 11) is -3.35. The fourth-order valence-corrected chi connectivity index (χ4v) is 41.2. The molecule has 0 aromatic carbocycles. The molecule has 20 unspecified atom stereocenters. The van der Waals surface area contributed by atoms with Gasteiger partial charge in [-0.3, -0.25) is 0 Å². The summed E-state index contributed by atoms with van der Waals surface area (Å²) >= 11 is 5.07. The standard InChI is InChI=1S/2C30H55NSSi/c1-19-18-21-15-17-24-26(23-16-14-20-12-10-11-13-22(20)27(23)32-24)25(21)28(19)33(8,9)31(29(2,3)4)30(5,6)7;1-19-18-21-15-17-24-27(26-22-13-11-10-12-20(22)14-16-23(26)32-24)25(21)28(19)33(8,9)31(29(2,3)4)30(5,6)7/h2*19-28H,10-18H2,1-9H3. The van der Waals surface area contributed by atoms with Crippen LogP contribution in [0.3, 0.4) is 0 Å². The quantitative estimate of drug-likeness (QED) is 0.259. The summed E-state index contributed by atoms with van der Waals surface area (Å²) in [6, 6.07) is 0. The van der Waals surface area contributed by atoms with Crippen LogP contribution >= 0.6 is 23.5 Å². The van der Waals surface area contributed by atoms with Gasteiger partial charge in [0.25, 0.3) is 0 Å². The zero-order chi connectivity index (χ0) is 47.8. The maximum atomic E-state index is 3.07. The Bertz CT molecular complexity index is 1650. The lowest BCUT2D eigenvalue weighted by molar-refractivity contribution is 0.0294. The third-order valence-corrected chi connectivity index (χ3v) is 36.2. The Kier molecular flexibility index (Phi) is 14.5. The molecule has 8 aliphatic carbocycles. The molecule has 2 nitrogen and oxygen atoms in total. The van der Waals surface area contributed by atoms with Crippen LogP contribution in [0, 0.1) is 82.9 Å². The van der Waals surface area contributed by atoms with Crippen LogP contribution in [0.1, 0.15) is 213 Å². The summed E-state index contributed by atoms with van der Waals surface area (Å²) in [4.78, 5) is 0. The molecule has 10 rings (SSSR count). The molecule has 380 valence electrons. The molecule has 2 aliphatic heterocycles. The third-order valence-electron chi connectivity index (χ3n) is 22.4. The van der Waals surface area contributed by atoms with Crippen molar-refractivity contribution in [3.05, 3.63) is 0 Å². The summed E-state index contributed by atoms with van der Waals surface area (Å²) < 4.78 is 6.14. The van der Waals surface area contributed by atoms with Crippen LogP contribution < -0.4 is 0 Å². The van der Waals surface area contributed by atoms with Gasteiger partial charge < -0.3 is 9.13 Å². The predicted octanol–water partition coefficient (Wildman–Crippen LogP) is 17.7. The van der Waals surface area contributed by atoms with E-state index in [-0.39, 0.29) is 22.2 Å². The molecule has 10 aliphatic rings. The molecule has 2 saturated heterocycles. The SMILES string of the molecule is CC1CC2CCC3SC4C5CCCCC5CCC4C3C2C1[Si](C)(C)N(C(C)(C)C)C(C)(C)C.CC1CC2CCC3SC4CCC5CCCCC5C4C3C2C1[Si](C)(C)N(C(C)(C)C)C(C)(C)C. The first-order valence-electron chi connectivity index (χ1n) is 29.5. The van der Waals surface area contributed by atoms with Gasteiger partial charge in [-0.1, -0.05) is 78.6 Å². The zero-order valence-corrected chi connectivity index (χ0v) is 50.6. The second-order valence-corrected chi connectivity index (χ2v) is 43.0. The van der Waals surface area contributed by atoms with Crippen LogP contribution in [-0.4, -0.2) is 68.8 Å². The minimum atomic E-state index is -1.68. The van der Waals surface area contributed by atoms with Crippen molar-refractivity contribution in [1.82, 2.24) is 9.13 Å². The van der Waals surface area contributed by atoms with Gasteiger partial charge in [0.2, 0.25) is 0 Å². The average Bonchev–Trinajstić information content (AvgIpc) is 3.94. The molecule has 20 atom stereocenters. The van der Waals surface area contributed by atoms with Gasteiger partial charge in [0.15, 0.2) is 0 Å². The second-order valence-electron chi connectivity index (χ2n) is 31.3. The lowest BCUT2D eigenvalue weighted by Gasteiger charge is -2.59. The smallest absolute Gasteiger partial charge is 0.126 e. The number of nitrogens with zero attached hydrogens (tertiary/aromatic N) is 2. The minimum absolute atomic E-state index is 0.242. The van der Waals surface area contributed by atoms with Crippen molar-refractivity contribution in [3.63, 3.8) is 0 Å². The van der Waals surface area contributed by atoms with Crippen LogP contribution in [0.25, 0.3) is 0 Å². The number of hydrogen-bond acceptors (Lipinski definition) is 4. The van der Waals surface area contributed by atoms with E-state index in [9.17, 15) is 0 Å². The molecular formula is C60H110N2S2Si2.